The molecule has 0 aromatic heterocycles. The van der Waals surface area contributed by atoms with Gasteiger partial charge in [0.25, 0.3) is 0 Å². The van der Waals surface area contributed by atoms with Crippen LogP contribution >= 0.6 is 27.5 Å². The molecular weight excluding hydrogens is 342 g/mol. The van der Waals surface area contributed by atoms with Crippen molar-refractivity contribution < 1.29 is 9.84 Å². The van der Waals surface area contributed by atoms with Crippen LogP contribution < -0.4 is 10.1 Å². The topological polar surface area (TPSA) is 41.5 Å². The maximum absolute atomic E-state index is 9.58. The van der Waals surface area contributed by atoms with E-state index in [0.29, 0.717) is 5.02 Å². The van der Waals surface area contributed by atoms with Crippen molar-refractivity contribution in [2.24, 2.45) is 0 Å². The second kappa shape index (κ2) is 6.97. The predicted molar refractivity (Wildman–Crippen MR) is 85.6 cm³/mol. The summed E-state index contributed by atoms with van der Waals surface area (Å²) in [4.78, 5) is 0. The van der Waals surface area contributed by atoms with E-state index in [0.717, 1.165) is 21.5 Å². The first-order valence-electron chi connectivity index (χ1n) is 6.10. The highest BCUT2D eigenvalue weighted by molar-refractivity contribution is 9.10. The van der Waals surface area contributed by atoms with Gasteiger partial charge < -0.3 is 15.2 Å². The van der Waals surface area contributed by atoms with E-state index in [9.17, 15) is 5.11 Å². The van der Waals surface area contributed by atoms with E-state index in [1.807, 2.05) is 42.5 Å². The van der Waals surface area contributed by atoms with Gasteiger partial charge >= 0.3 is 0 Å². The van der Waals surface area contributed by atoms with Crippen LogP contribution in [0.1, 0.15) is 11.6 Å². The number of benzene rings is 2. The number of aliphatic hydroxyl groups excluding tert-OH is 1. The molecule has 2 aromatic rings. The van der Waals surface area contributed by atoms with Crippen LogP contribution in [0.25, 0.3) is 0 Å². The van der Waals surface area contributed by atoms with Crippen molar-refractivity contribution >= 4 is 33.2 Å². The molecule has 1 atom stereocenters. The van der Waals surface area contributed by atoms with Crippen LogP contribution in [0.5, 0.6) is 5.75 Å². The zero-order valence-electron chi connectivity index (χ0n) is 10.9. The summed E-state index contributed by atoms with van der Waals surface area (Å²) in [6, 6.07) is 12.9. The number of hydrogen-bond acceptors (Lipinski definition) is 3. The Labute approximate surface area is 131 Å². The van der Waals surface area contributed by atoms with E-state index in [4.69, 9.17) is 16.3 Å². The van der Waals surface area contributed by atoms with Crippen LogP contribution in [0.4, 0.5) is 5.69 Å². The Morgan fingerprint density at radius 2 is 1.95 bits per heavy atom. The summed E-state index contributed by atoms with van der Waals surface area (Å²) < 4.78 is 6.06. The molecule has 0 bridgehead atoms. The SMILES string of the molecule is COc1ccc(C(CO)Nc2ccc(Cl)cc2)cc1Br. The van der Waals surface area contributed by atoms with Gasteiger partial charge in [0.1, 0.15) is 5.75 Å². The smallest absolute Gasteiger partial charge is 0.133 e. The first-order chi connectivity index (χ1) is 9.63. The van der Waals surface area contributed by atoms with E-state index in [-0.39, 0.29) is 12.6 Å². The maximum Gasteiger partial charge on any atom is 0.133 e. The lowest BCUT2D eigenvalue weighted by Gasteiger charge is -2.19. The highest BCUT2D eigenvalue weighted by Crippen LogP contribution is 2.29. The van der Waals surface area contributed by atoms with E-state index in [1.54, 1.807) is 7.11 Å². The van der Waals surface area contributed by atoms with Crippen LogP contribution in [0.15, 0.2) is 46.9 Å². The molecule has 0 radical (unpaired) electrons. The van der Waals surface area contributed by atoms with Gasteiger partial charge in [0.05, 0.1) is 24.2 Å². The summed E-state index contributed by atoms with van der Waals surface area (Å²) in [5.74, 6) is 0.761. The quantitative estimate of drug-likeness (QED) is 0.841. The summed E-state index contributed by atoms with van der Waals surface area (Å²) in [6.45, 7) is -0.0125. The molecule has 3 nitrogen and oxygen atoms in total. The molecule has 2 aromatic carbocycles. The third-order valence-corrected chi connectivity index (χ3v) is 3.82. The molecule has 0 saturated heterocycles. The van der Waals surface area contributed by atoms with Crippen molar-refractivity contribution in [3.8, 4) is 5.75 Å². The molecule has 0 spiro atoms. The fourth-order valence-electron chi connectivity index (χ4n) is 1.88. The number of methoxy groups -OCH3 is 1. The van der Waals surface area contributed by atoms with Gasteiger partial charge in [-0.25, -0.2) is 0 Å². The van der Waals surface area contributed by atoms with E-state index < -0.39 is 0 Å². The van der Waals surface area contributed by atoms with Crippen LogP contribution in [0, 0.1) is 0 Å². The predicted octanol–water partition coefficient (Wildman–Crippen LogP) is 4.26. The van der Waals surface area contributed by atoms with Gasteiger partial charge in [-0.3, -0.25) is 0 Å². The maximum atomic E-state index is 9.58. The second-order valence-corrected chi connectivity index (χ2v) is 5.57. The van der Waals surface area contributed by atoms with Gasteiger partial charge in [-0.1, -0.05) is 17.7 Å². The fraction of sp³-hybridized carbons (Fsp3) is 0.200. The Bertz CT molecular complexity index is 575. The van der Waals surface area contributed by atoms with Gasteiger partial charge in [-0.15, -0.1) is 0 Å². The number of ether oxygens (including phenoxy) is 1. The van der Waals surface area contributed by atoms with Gasteiger partial charge in [0.15, 0.2) is 0 Å². The van der Waals surface area contributed by atoms with Crippen molar-refractivity contribution in [1.29, 1.82) is 0 Å². The molecule has 1 unspecified atom stereocenters. The summed E-state index contributed by atoms with van der Waals surface area (Å²) >= 11 is 9.30. The monoisotopic (exact) mass is 355 g/mol. The molecule has 0 amide bonds. The molecule has 0 fully saturated rings. The Morgan fingerprint density at radius 3 is 2.50 bits per heavy atom. The zero-order chi connectivity index (χ0) is 14.5. The Morgan fingerprint density at radius 1 is 1.25 bits per heavy atom. The number of nitrogens with one attached hydrogen (secondary N) is 1. The standard InChI is InChI=1S/C15H15BrClNO2/c1-20-15-7-2-10(8-13(15)16)14(9-19)18-12-5-3-11(17)4-6-12/h2-8,14,18-19H,9H2,1H3. The summed E-state index contributed by atoms with van der Waals surface area (Å²) in [6.07, 6.45) is 0. The fourth-order valence-corrected chi connectivity index (χ4v) is 2.57. The van der Waals surface area contributed by atoms with Crippen LogP contribution in [0.2, 0.25) is 5.02 Å². The lowest BCUT2D eigenvalue weighted by atomic mass is 10.1. The lowest BCUT2D eigenvalue weighted by molar-refractivity contribution is 0.276. The van der Waals surface area contributed by atoms with Crippen molar-refractivity contribution in [3.05, 3.63) is 57.5 Å². The number of halogens is 2. The highest BCUT2D eigenvalue weighted by atomic mass is 79.9. The first-order valence-corrected chi connectivity index (χ1v) is 7.27. The van der Waals surface area contributed by atoms with Crippen LogP contribution in [0.3, 0.4) is 0 Å². The third kappa shape index (κ3) is 3.66. The number of hydrogen-bond donors (Lipinski definition) is 2. The van der Waals surface area contributed by atoms with Gasteiger partial charge in [-0.2, -0.15) is 0 Å². The summed E-state index contributed by atoms with van der Waals surface area (Å²) in [5.41, 5.74) is 1.87. The third-order valence-electron chi connectivity index (χ3n) is 2.95. The Kier molecular flexibility index (Phi) is 5.29. The molecule has 5 heteroatoms. The normalized spacial score (nSPS) is 12.0. The van der Waals surface area contributed by atoms with Crippen molar-refractivity contribution in [1.82, 2.24) is 0 Å². The molecule has 0 saturated carbocycles. The number of aliphatic hydroxyl groups is 1. The van der Waals surface area contributed by atoms with Crippen molar-refractivity contribution in [3.63, 3.8) is 0 Å². The van der Waals surface area contributed by atoms with Gasteiger partial charge in [0.2, 0.25) is 0 Å². The first kappa shape index (κ1) is 15.2. The summed E-state index contributed by atoms with van der Waals surface area (Å²) in [5, 5.41) is 13.5. The second-order valence-electron chi connectivity index (χ2n) is 4.28. The number of anilines is 1. The molecule has 0 aliphatic heterocycles. The average Bonchev–Trinajstić information content (AvgIpc) is 2.46. The van der Waals surface area contributed by atoms with Crippen LogP contribution in [-0.2, 0) is 0 Å². The van der Waals surface area contributed by atoms with Crippen molar-refractivity contribution in [2.75, 3.05) is 19.0 Å². The number of rotatable bonds is 5. The molecule has 2 N–H and O–H groups in total. The molecule has 0 aliphatic carbocycles. The molecule has 0 aliphatic rings. The highest BCUT2D eigenvalue weighted by Gasteiger charge is 2.12. The summed E-state index contributed by atoms with van der Waals surface area (Å²) in [7, 11) is 1.62. The van der Waals surface area contributed by atoms with Crippen LogP contribution in [-0.4, -0.2) is 18.8 Å². The van der Waals surface area contributed by atoms with E-state index in [1.165, 1.54) is 0 Å². The minimum atomic E-state index is -0.196. The lowest BCUT2D eigenvalue weighted by Crippen LogP contribution is -2.14. The van der Waals surface area contributed by atoms with Gasteiger partial charge in [-0.05, 0) is 57.9 Å². The minimum absolute atomic E-state index is 0.0125. The van der Waals surface area contributed by atoms with Gasteiger partial charge in [0, 0.05) is 10.7 Å². The average molecular weight is 357 g/mol. The Balaban J connectivity index is 2.19. The molecule has 0 heterocycles. The molecular formula is C15H15BrClNO2. The van der Waals surface area contributed by atoms with E-state index >= 15 is 0 Å². The molecule has 20 heavy (non-hydrogen) atoms. The molecule has 106 valence electrons. The molecule has 2 rings (SSSR count). The van der Waals surface area contributed by atoms with Crippen molar-refractivity contribution in [2.45, 2.75) is 6.04 Å². The largest absolute Gasteiger partial charge is 0.496 e. The zero-order valence-corrected chi connectivity index (χ0v) is 13.3. The minimum Gasteiger partial charge on any atom is -0.496 e. The Hall–Kier alpha value is -1.23. The van der Waals surface area contributed by atoms with E-state index in [2.05, 4.69) is 21.2 Å².